The number of carbonyl (C=O) groups is 2. The van der Waals surface area contributed by atoms with Crippen molar-refractivity contribution < 1.29 is 31.5 Å². The maximum atomic E-state index is 12.9. The highest BCUT2D eigenvalue weighted by atomic mass is 19.4. The summed E-state index contributed by atoms with van der Waals surface area (Å²) in [4.78, 5) is 26.3. The molecule has 30 heavy (non-hydrogen) atoms. The number of amides is 2. The first kappa shape index (κ1) is 22.5. The number of likely N-dealkylation sites (tertiary alicyclic amines) is 1. The van der Waals surface area contributed by atoms with Gasteiger partial charge in [-0.1, -0.05) is 12.8 Å². The van der Waals surface area contributed by atoms with Crippen LogP contribution in [0.5, 0.6) is 0 Å². The molecule has 2 amide bonds. The summed E-state index contributed by atoms with van der Waals surface area (Å²) < 4.78 is 64.6. The van der Waals surface area contributed by atoms with Crippen LogP contribution in [0.25, 0.3) is 0 Å². The highest BCUT2D eigenvalue weighted by Crippen LogP contribution is 2.35. The predicted molar refractivity (Wildman–Crippen MR) is 99.7 cm³/mol. The van der Waals surface area contributed by atoms with Gasteiger partial charge in [0.1, 0.15) is 0 Å². The van der Waals surface area contributed by atoms with E-state index < -0.39 is 29.6 Å². The molecule has 3 N–H and O–H groups in total. The number of nitrogens with two attached hydrogens (primary N) is 1. The standard InChI is InChI=1S/C20H24F5N3O2/c21-18(22)12-6-13(20(23,24)25)8-14(7-12)27-17(29)5-11-9-28(10-11)19(30)15-3-1-2-4-16(15)26/h6-8,11,15-16,18H,1-5,9-10,26H2,(H,27,29)/t15-,16-/m1/s1. The van der Waals surface area contributed by atoms with Gasteiger partial charge in [-0.15, -0.1) is 0 Å². The number of alkyl halides is 5. The summed E-state index contributed by atoms with van der Waals surface area (Å²) in [7, 11) is 0. The number of halogens is 5. The van der Waals surface area contributed by atoms with E-state index in [9.17, 15) is 31.5 Å². The van der Waals surface area contributed by atoms with Crippen molar-refractivity contribution in [1.82, 2.24) is 4.90 Å². The number of benzene rings is 1. The second-order valence-electron chi connectivity index (χ2n) is 8.06. The molecule has 1 aliphatic carbocycles. The van der Waals surface area contributed by atoms with Gasteiger partial charge in [0.25, 0.3) is 6.43 Å². The Morgan fingerprint density at radius 3 is 2.40 bits per heavy atom. The summed E-state index contributed by atoms with van der Waals surface area (Å²) >= 11 is 0. The molecule has 2 aliphatic rings. The lowest BCUT2D eigenvalue weighted by Crippen LogP contribution is -2.55. The van der Waals surface area contributed by atoms with Gasteiger partial charge in [0.05, 0.1) is 11.5 Å². The van der Waals surface area contributed by atoms with E-state index in [1.165, 1.54) is 0 Å². The average molecular weight is 433 g/mol. The Bertz CT molecular complexity index is 793. The van der Waals surface area contributed by atoms with Crippen LogP contribution in [-0.2, 0) is 15.8 Å². The molecule has 1 aromatic carbocycles. The van der Waals surface area contributed by atoms with Crippen LogP contribution in [0.15, 0.2) is 18.2 Å². The number of anilines is 1. The van der Waals surface area contributed by atoms with Crippen LogP contribution in [0.1, 0.15) is 49.7 Å². The molecule has 1 aromatic rings. The highest BCUT2D eigenvalue weighted by molar-refractivity contribution is 5.91. The van der Waals surface area contributed by atoms with Crippen LogP contribution in [-0.4, -0.2) is 35.8 Å². The molecule has 166 valence electrons. The van der Waals surface area contributed by atoms with Gasteiger partial charge in [0.2, 0.25) is 11.8 Å². The van der Waals surface area contributed by atoms with E-state index in [0.717, 1.165) is 31.7 Å². The molecule has 5 nitrogen and oxygen atoms in total. The van der Waals surface area contributed by atoms with Crippen molar-refractivity contribution >= 4 is 17.5 Å². The van der Waals surface area contributed by atoms with Crippen LogP contribution >= 0.6 is 0 Å². The summed E-state index contributed by atoms with van der Waals surface area (Å²) in [5.74, 6) is -0.931. The molecular formula is C20H24F5N3O2. The SMILES string of the molecule is N[C@@H]1CCCC[C@H]1C(=O)N1CC(CC(=O)Nc2cc(C(F)F)cc(C(F)(F)F)c2)C1. The minimum absolute atomic E-state index is 0.0131. The maximum absolute atomic E-state index is 12.9. The van der Waals surface area contributed by atoms with Gasteiger partial charge in [-0.25, -0.2) is 8.78 Å². The molecule has 0 aromatic heterocycles. The average Bonchev–Trinajstić information content (AvgIpc) is 2.63. The smallest absolute Gasteiger partial charge is 0.342 e. The van der Waals surface area contributed by atoms with Crippen molar-refractivity contribution in [2.75, 3.05) is 18.4 Å². The molecule has 1 aliphatic heterocycles. The van der Waals surface area contributed by atoms with Gasteiger partial charge in [0.15, 0.2) is 0 Å². The van der Waals surface area contributed by atoms with Crippen LogP contribution in [0.4, 0.5) is 27.6 Å². The molecule has 1 saturated heterocycles. The summed E-state index contributed by atoms with van der Waals surface area (Å²) in [6.07, 6.45) is -4.38. The van der Waals surface area contributed by atoms with Gasteiger partial charge in [0, 0.05) is 42.7 Å². The summed E-state index contributed by atoms with van der Waals surface area (Å²) in [5.41, 5.74) is 3.64. The Kier molecular flexibility index (Phi) is 6.64. The van der Waals surface area contributed by atoms with E-state index in [2.05, 4.69) is 5.32 Å². The van der Waals surface area contributed by atoms with Gasteiger partial charge in [-0.3, -0.25) is 9.59 Å². The second kappa shape index (κ2) is 8.87. The summed E-state index contributed by atoms with van der Waals surface area (Å²) in [6.45, 7) is 0.751. The fourth-order valence-electron chi connectivity index (χ4n) is 4.07. The molecule has 3 rings (SSSR count). The molecule has 2 atom stereocenters. The Morgan fingerprint density at radius 2 is 1.80 bits per heavy atom. The first-order valence-corrected chi connectivity index (χ1v) is 9.89. The Hall–Kier alpha value is -2.23. The minimum Gasteiger partial charge on any atom is -0.342 e. The number of nitrogens with one attached hydrogen (secondary N) is 1. The minimum atomic E-state index is -4.81. The zero-order chi connectivity index (χ0) is 22.1. The number of rotatable bonds is 5. The largest absolute Gasteiger partial charge is 0.416 e. The molecule has 2 fully saturated rings. The van der Waals surface area contributed by atoms with E-state index in [1.54, 1.807) is 4.90 Å². The first-order valence-electron chi connectivity index (χ1n) is 9.89. The zero-order valence-electron chi connectivity index (χ0n) is 16.2. The lowest BCUT2D eigenvalue weighted by Gasteiger charge is -2.42. The lowest BCUT2D eigenvalue weighted by atomic mass is 9.82. The van der Waals surface area contributed by atoms with Gasteiger partial charge < -0.3 is 16.0 Å². The number of hydrogen-bond donors (Lipinski definition) is 2. The van der Waals surface area contributed by atoms with Crippen LogP contribution < -0.4 is 11.1 Å². The zero-order valence-corrected chi connectivity index (χ0v) is 16.2. The van der Waals surface area contributed by atoms with E-state index in [1.807, 2.05) is 0 Å². The van der Waals surface area contributed by atoms with Crippen molar-refractivity contribution in [3.8, 4) is 0 Å². The summed E-state index contributed by atoms with van der Waals surface area (Å²) in [5, 5.41) is 2.27. The van der Waals surface area contributed by atoms with Crippen molar-refractivity contribution in [3.63, 3.8) is 0 Å². The quantitative estimate of drug-likeness (QED) is 0.691. The van der Waals surface area contributed by atoms with Crippen molar-refractivity contribution in [2.24, 2.45) is 17.6 Å². The lowest BCUT2D eigenvalue weighted by molar-refractivity contribution is -0.144. The molecule has 10 heteroatoms. The monoisotopic (exact) mass is 433 g/mol. The predicted octanol–water partition coefficient (Wildman–Crippen LogP) is 3.95. The molecule has 1 saturated carbocycles. The van der Waals surface area contributed by atoms with Crippen molar-refractivity contribution in [2.45, 2.75) is 50.7 Å². The number of hydrogen-bond acceptors (Lipinski definition) is 3. The first-order chi connectivity index (χ1) is 14.0. The van der Waals surface area contributed by atoms with Crippen LogP contribution in [0.2, 0.25) is 0 Å². The van der Waals surface area contributed by atoms with Crippen LogP contribution in [0.3, 0.4) is 0 Å². The van der Waals surface area contributed by atoms with Crippen molar-refractivity contribution in [1.29, 1.82) is 0 Å². The third-order valence-corrected chi connectivity index (χ3v) is 5.70. The normalized spacial score (nSPS) is 22.7. The Labute approximate surface area is 170 Å². The molecule has 1 heterocycles. The van der Waals surface area contributed by atoms with Gasteiger partial charge in [-0.2, -0.15) is 13.2 Å². The highest BCUT2D eigenvalue weighted by Gasteiger charge is 2.38. The number of carbonyl (C=O) groups excluding carboxylic acids is 2. The fourth-order valence-corrected chi connectivity index (χ4v) is 4.07. The second-order valence-corrected chi connectivity index (χ2v) is 8.06. The van der Waals surface area contributed by atoms with Gasteiger partial charge >= 0.3 is 6.18 Å². The Morgan fingerprint density at radius 1 is 1.13 bits per heavy atom. The van der Waals surface area contributed by atoms with E-state index in [4.69, 9.17) is 5.73 Å². The third kappa shape index (κ3) is 5.27. The van der Waals surface area contributed by atoms with Crippen LogP contribution in [0, 0.1) is 11.8 Å². The topological polar surface area (TPSA) is 75.4 Å². The fraction of sp³-hybridized carbons (Fsp3) is 0.600. The third-order valence-electron chi connectivity index (χ3n) is 5.70. The van der Waals surface area contributed by atoms with E-state index >= 15 is 0 Å². The summed E-state index contributed by atoms with van der Waals surface area (Å²) in [6, 6.07) is 1.67. The molecule has 0 radical (unpaired) electrons. The van der Waals surface area contributed by atoms with E-state index in [-0.39, 0.29) is 35.9 Å². The molecule has 0 spiro atoms. The number of nitrogens with zero attached hydrogens (tertiary/aromatic N) is 1. The molecule has 0 unspecified atom stereocenters. The van der Waals surface area contributed by atoms with Gasteiger partial charge in [-0.05, 0) is 31.0 Å². The maximum Gasteiger partial charge on any atom is 0.416 e. The molecular weight excluding hydrogens is 409 g/mol. The molecule has 0 bridgehead atoms. The van der Waals surface area contributed by atoms with E-state index in [0.29, 0.717) is 25.2 Å². The van der Waals surface area contributed by atoms with Crippen molar-refractivity contribution in [3.05, 3.63) is 29.3 Å². The Balaban J connectivity index is 1.54.